The predicted molar refractivity (Wildman–Crippen MR) is 87.6 cm³/mol. The number of hydrogen-bond donors (Lipinski definition) is 0. The van der Waals surface area contributed by atoms with Crippen LogP contribution in [0.3, 0.4) is 0 Å². The molecule has 0 amide bonds. The third-order valence-electron chi connectivity index (χ3n) is 3.66. The van der Waals surface area contributed by atoms with Crippen molar-refractivity contribution in [2.75, 3.05) is 7.11 Å². The normalized spacial score (nSPS) is 10.7. The minimum absolute atomic E-state index is 0.148. The molecule has 0 atom stereocenters. The molecule has 3 rings (SSSR count). The Balaban J connectivity index is 2.19. The first-order valence-electron chi connectivity index (χ1n) is 7.24. The molecule has 0 spiro atoms. The van der Waals surface area contributed by atoms with E-state index < -0.39 is 5.97 Å². The molecular weight excluding hydrogens is 292 g/mol. The van der Waals surface area contributed by atoms with Crippen LogP contribution >= 0.6 is 0 Å². The second kappa shape index (κ2) is 6.04. The zero-order valence-electron chi connectivity index (χ0n) is 12.9. The summed E-state index contributed by atoms with van der Waals surface area (Å²) in [7, 11) is 1.30. The van der Waals surface area contributed by atoms with Crippen LogP contribution in [0.4, 0.5) is 0 Å². The van der Waals surface area contributed by atoms with E-state index in [-0.39, 0.29) is 11.3 Å². The van der Waals surface area contributed by atoms with Crippen LogP contribution in [-0.2, 0) is 11.3 Å². The highest BCUT2D eigenvalue weighted by molar-refractivity contribution is 6.01. The number of methoxy groups -OCH3 is 1. The van der Waals surface area contributed by atoms with Gasteiger partial charge >= 0.3 is 5.97 Å². The van der Waals surface area contributed by atoms with Crippen molar-refractivity contribution in [3.05, 3.63) is 75.7 Å². The molecule has 0 saturated heterocycles. The Morgan fingerprint density at radius 2 is 1.87 bits per heavy atom. The molecule has 0 unspecified atom stereocenters. The van der Waals surface area contributed by atoms with Gasteiger partial charge in [-0.2, -0.15) is 5.10 Å². The summed E-state index contributed by atoms with van der Waals surface area (Å²) < 4.78 is 6.10. The Bertz CT molecular complexity index is 944. The first-order valence-corrected chi connectivity index (χ1v) is 7.24. The Morgan fingerprint density at radius 1 is 1.13 bits per heavy atom. The van der Waals surface area contributed by atoms with E-state index in [1.54, 1.807) is 24.3 Å². The number of fused-ring (bicyclic) bond motifs is 1. The van der Waals surface area contributed by atoms with Crippen LogP contribution in [0.1, 0.15) is 21.6 Å². The molecule has 5 heteroatoms. The zero-order chi connectivity index (χ0) is 16.4. The van der Waals surface area contributed by atoms with Gasteiger partial charge in [-0.3, -0.25) is 4.79 Å². The number of benzene rings is 2. The number of aromatic nitrogens is 2. The van der Waals surface area contributed by atoms with Gasteiger partial charge in [-0.05, 0) is 18.6 Å². The number of ether oxygens (including phenoxy) is 1. The fourth-order valence-corrected chi connectivity index (χ4v) is 2.57. The van der Waals surface area contributed by atoms with Crippen molar-refractivity contribution in [2.24, 2.45) is 0 Å². The number of rotatable bonds is 3. The Kier molecular flexibility index (Phi) is 3.93. The zero-order valence-corrected chi connectivity index (χ0v) is 12.9. The number of nitrogens with zero attached hydrogens (tertiary/aromatic N) is 2. The van der Waals surface area contributed by atoms with Gasteiger partial charge in [0.25, 0.3) is 5.56 Å². The molecule has 23 heavy (non-hydrogen) atoms. The number of carbonyl (C=O) groups is 1. The van der Waals surface area contributed by atoms with E-state index in [2.05, 4.69) is 5.10 Å². The van der Waals surface area contributed by atoms with Crippen LogP contribution in [0.5, 0.6) is 0 Å². The highest BCUT2D eigenvalue weighted by atomic mass is 16.5. The van der Waals surface area contributed by atoms with Crippen molar-refractivity contribution in [3.8, 4) is 0 Å². The molecule has 2 aromatic carbocycles. The van der Waals surface area contributed by atoms with Gasteiger partial charge in [0.1, 0.15) is 0 Å². The number of aryl methyl sites for hydroxylation is 1. The average Bonchev–Trinajstić information content (AvgIpc) is 2.57. The van der Waals surface area contributed by atoms with Crippen LogP contribution in [0.25, 0.3) is 10.8 Å². The molecular formula is C18H16N2O3. The molecule has 3 aromatic rings. The van der Waals surface area contributed by atoms with Crippen molar-refractivity contribution in [3.63, 3.8) is 0 Å². The maximum Gasteiger partial charge on any atom is 0.359 e. The predicted octanol–water partition coefficient (Wildman–Crippen LogP) is 2.54. The van der Waals surface area contributed by atoms with Gasteiger partial charge in [0.05, 0.1) is 19.0 Å². The van der Waals surface area contributed by atoms with E-state index in [0.717, 1.165) is 11.1 Å². The van der Waals surface area contributed by atoms with Gasteiger partial charge in [0.15, 0.2) is 5.69 Å². The lowest BCUT2D eigenvalue weighted by atomic mass is 10.1. The highest BCUT2D eigenvalue weighted by Crippen LogP contribution is 2.14. The van der Waals surface area contributed by atoms with E-state index >= 15 is 0 Å². The summed E-state index contributed by atoms with van der Waals surface area (Å²) in [5, 5.41) is 5.18. The maximum absolute atomic E-state index is 12.6. The van der Waals surface area contributed by atoms with E-state index in [1.807, 2.05) is 31.2 Å². The lowest BCUT2D eigenvalue weighted by molar-refractivity contribution is 0.0593. The third kappa shape index (κ3) is 2.85. The van der Waals surface area contributed by atoms with Crippen LogP contribution in [0.2, 0.25) is 0 Å². The molecule has 5 nitrogen and oxygen atoms in total. The topological polar surface area (TPSA) is 61.2 Å². The third-order valence-corrected chi connectivity index (χ3v) is 3.66. The first-order chi connectivity index (χ1) is 11.1. The van der Waals surface area contributed by atoms with Gasteiger partial charge in [-0.25, -0.2) is 9.48 Å². The Hall–Kier alpha value is -2.95. The summed E-state index contributed by atoms with van der Waals surface area (Å²) in [6, 6.07) is 14.8. The number of esters is 1. The van der Waals surface area contributed by atoms with Crippen LogP contribution in [-0.4, -0.2) is 22.9 Å². The minimum Gasteiger partial charge on any atom is -0.464 e. The fourth-order valence-electron chi connectivity index (χ4n) is 2.57. The van der Waals surface area contributed by atoms with E-state index in [9.17, 15) is 9.59 Å². The van der Waals surface area contributed by atoms with Crippen molar-refractivity contribution >= 4 is 16.7 Å². The smallest absolute Gasteiger partial charge is 0.359 e. The van der Waals surface area contributed by atoms with E-state index in [1.165, 1.54) is 11.8 Å². The Labute approximate surface area is 133 Å². The van der Waals surface area contributed by atoms with Gasteiger partial charge < -0.3 is 4.74 Å². The van der Waals surface area contributed by atoms with Crippen molar-refractivity contribution in [1.29, 1.82) is 0 Å². The van der Waals surface area contributed by atoms with E-state index in [4.69, 9.17) is 4.74 Å². The molecule has 116 valence electrons. The molecule has 0 N–H and O–H groups in total. The summed E-state index contributed by atoms with van der Waals surface area (Å²) in [5.41, 5.74) is 1.97. The quantitative estimate of drug-likeness (QED) is 0.698. The minimum atomic E-state index is -0.556. The molecule has 0 radical (unpaired) electrons. The second-order valence-corrected chi connectivity index (χ2v) is 5.34. The molecule has 0 saturated carbocycles. The van der Waals surface area contributed by atoms with Gasteiger partial charge in [-0.15, -0.1) is 0 Å². The van der Waals surface area contributed by atoms with Crippen molar-refractivity contribution in [2.45, 2.75) is 13.5 Å². The van der Waals surface area contributed by atoms with Gasteiger partial charge in [-0.1, -0.05) is 48.0 Å². The van der Waals surface area contributed by atoms with Crippen molar-refractivity contribution < 1.29 is 9.53 Å². The maximum atomic E-state index is 12.6. The summed E-state index contributed by atoms with van der Waals surface area (Å²) in [6.45, 7) is 2.29. The highest BCUT2D eigenvalue weighted by Gasteiger charge is 2.17. The monoisotopic (exact) mass is 308 g/mol. The second-order valence-electron chi connectivity index (χ2n) is 5.34. The number of hydrogen-bond acceptors (Lipinski definition) is 4. The summed E-state index contributed by atoms with van der Waals surface area (Å²) in [5.74, 6) is -0.556. The SMILES string of the molecule is COC(=O)c1nn(Cc2cccc(C)c2)c(=O)c2ccccc12. The molecule has 0 aliphatic heterocycles. The average molecular weight is 308 g/mol. The van der Waals surface area contributed by atoms with Crippen LogP contribution in [0.15, 0.2) is 53.3 Å². The summed E-state index contributed by atoms with van der Waals surface area (Å²) in [6.07, 6.45) is 0. The van der Waals surface area contributed by atoms with Crippen molar-refractivity contribution in [1.82, 2.24) is 9.78 Å². The lowest BCUT2D eigenvalue weighted by Crippen LogP contribution is -2.26. The molecule has 1 heterocycles. The molecule has 0 bridgehead atoms. The Morgan fingerprint density at radius 3 is 2.57 bits per heavy atom. The van der Waals surface area contributed by atoms with Crippen LogP contribution in [0, 0.1) is 6.92 Å². The molecule has 1 aromatic heterocycles. The largest absolute Gasteiger partial charge is 0.464 e. The number of carbonyl (C=O) groups excluding carboxylic acids is 1. The molecule has 0 aliphatic rings. The van der Waals surface area contributed by atoms with Gasteiger partial charge in [0, 0.05) is 5.39 Å². The summed E-state index contributed by atoms with van der Waals surface area (Å²) >= 11 is 0. The standard InChI is InChI=1S/C18H16N2O3/c1-12-6-5-7-13(10-12)11-20-17(21)15-9-4-3-8-14(15)16(19-20)18(22)23-2/h3-10H,11H2,1-2H3. The summed E-state index contributed by atoms with van der Waals surface area (Å²) in [4.78, 5) is 24.6. The van der Waals surface area contributed by atoms with E-state index in [0.29, 0.717) is 17.3 Å². The van der Waals surface area contributed by atoms with Crippen LogP contribution < -0.4 is 5.56 Å². The fraction of sp³-hybridized carbons (Fsp3) is 0.167. The molecule has 0 fully saturated rings. The molecule has 0 aliphatic carbocycles. The van der Waals surface area contributed by atoms with Gasteiger partial charge in [0.2, 0.25) is 0 Å². The first kappa shape index (κ1) is 15.0. The lowest BCUT2D eigenvalue weighted by Gasteiger charge is -2.10.